The Hall–Kier alpha value is -3.00. The van der Waals surface area contributed by atoms with Gasteiger partial charge in [-0.3, -0.25) is 0 Å². The van der Waals surface area contributed by atoms with Crippen molar-refractivity contribution in [2.45, 2.75) is 32.4 Å². The van der Waals surface area contributed by atoms with Gasteiger partial charge in [-0.1, -0.05) is 43.5 Å². The van der Waals surface area contributed by atoms with Crippen molar-refractivity contribution >= 4 is 34.7 Å². The van der Waals surface area contributed by atoms with Gasteiger partial charge in [0.15, 0.2) is 0 Å². The summed E-state index contributed by atoms with van der Waals surface area (Å²) in [5, 5.41) is 5.84. The van der Waals surface area contributed by atoms with Crippen molar-refractivity contribution in [3.63, 3.8) is 0 Å². The third-order valence-electron chi connectivity index (χ3n) is 4.35. The number of para-hydroxylation sites is 1. The molecule has 3 aromatic rings. The number of nitrogens with zero attached hydrogens (tertiary/aromatic N) is 2. The molecule has 0 aliphatic heterocycles. The molecule has 164 valence electrons. The third kappa shape index (κ3) is 6.49. The Morgan fingerprint density at radius 2 is 1.74 bits per heavy atom. The highest BCUT2D eigenvalue weighted by atomic mass is 35.5. The predicted octanol–water partition coefficient (Wildman–Crippen LogP) is 7.21. The van der Waals surface area contributed by atoms with Crippen LogP contribution in [0.4, 0.5) is 36.3 Å². The number of halogens is 4. The monoisotopic (exact) mass is 450 g/mol. The molecule has 2 aromatic carbocycles. The fourth-order valence-electron chi connectivity index (χ4n) is 2.74. The molecule has 1 heterocycles. The van der Waals surface area contributed by atoms with Crippen LogP contribution in [0.3, 0.4) is 0 Å². The predicted molar refractivity (Wildman–Crippen MR) is 117 cm³/mol. The quantitative estimate of drug-likeness (QED) is 0.337. The first kappa shape index (κ1) is 22.7. The molecule has 0 unspecified atom stereocenters. The zero-order valence-corrected chi connectivity index (χ0v) is 17.6. The summed E-state index contributed by atoms with van der Waals surface area (Å²) >= 11 is 6.06. The van der Waals surface area contributed by atoms with Gasteiger partial charge >= 0.3 is 6.18 Å². The van der Waals surface area contributed by atoms with E-state index in [1.165, 1.54) is 0 Å². The van der Waals surface area contributed by atoms with Crippen LogP contribution in [-0.2, 0) is 6.18 Å². The van der Waals surface area contributed by atoms with E-state index in [2.05, 4.69) is 27.5 Å². The lowest BCUT2D eigenvalue weighted by atomic mass is 10.2. The zero-order chi connectivity index (χ0) is 22.3. The van der Waals surface area contributed by atoms with Crippen molar-refractivity contribution in [1.82, 2.24) is 9.97 Å². The molecule has 3 rings (SSSR count). The van der Waals surface area contributed by atoms with E-state index in [0.29, 0.717) is 18.0 Å². The van der Waals surface area contributed by atoms with E-state index in [9.17, 15) is 13.2 Å². The Labute approximate surface area is 183 Å². The Morgan fingerprint density at radius 3 is 2.42 bits per heavy atom. The highest BCUT2D eigenvalue weighted by molar-refractivity contribution is 6.33. The van der Waals surface area contributed by atoms with Crippen LogP contribution in [0.5, 0.6) is 5.75 Å². The van der Waals surface area contributed by atoms with Gasteiger partial charge in [-0.25, -0.2) is 4.98 Å². The fraction of sp³-hybridized carbons (Fsp3) is 0.273. The Morgan fingerprint density at radius 1 is 1.00 bits per heavy atom. The van der Waals surface area contributed by atoms with E-state index >= 15 is 0 Å². The molecule has 0 saturated carbocycles. The van der Waals surface area contributed by atoms with Gasteiger partial charge < -0.3 is 15.4 Å². The average molecular weight is 451 g/mol. The Kier molecular flexibility index (Phi) is 7.57. The number of hydrogen-bond donors (Lipinski definition) is 2. The standard InChI is InChI=1S/C22H22ClF3N4O/c1-2-3-6-13-31-16-11-9-15(10-12-16)28-21-27-14-17(22(24,25)26)20(30-21)29-19-8-5-4-7-18(19)23/h4-5,7-12,14H,2-3,6,13H2,1H3,(H2,27,28,29,30). The van der Waals surface area contributed by atoms with Gasteiger partial charge in [0.2, 0.25) is 5.95 Å². The number of anilines is 4. The fourth-order valence-corrected chi connectivity index (χ4v) is 2.92. The molecule has 0 bridgehead atoms. The highest BCUT2D eigenvalue weighted by Crippen LogP contribution is 2.36. The lowest BCUT2D eigenvalue weighted by Gasteiger charge is -2.15. The van der Waals surface area contributed by atoms with Gasteiger partial charge in [0.1, 0.15) is 17.1 Å². The summed E-state index contributed by atoms with van der Waals surface area (Å²) in [6.07, 6.45) is -0.683. The van der Waals surface area contributed by atoms with Crippen molar-refractivity contribution in [2.75, 3.05) is 17.2 Å². The third-order valence-corrected chi connectivity index (χ3v) is 4.68. The van der Waals surface area contributed by atoms with E-state index < -0.39 is 17.6 Å². The average Bonchev–Trinajstić information content (AvgIpc) is 2.73. The van der Waals surface area contributed by atoms with E-state index in [1.54, 1.807) is 48.5 Å². The molecule has 0 fully saturated rings. The normalized spacial score (nSPS) is 11.3. The van der Waals surface area contributed by atoms with Crippen molar-refractivity contribution in [2.24, 2.45) is 0 Å². The number of aromatic nitrogens is 2. The highest BCUT2D eigenvalue weighted by Gasteiger charge is 2.35. The van der Waals surface area contributed by atoms with Gasteiger partial charge in [0.25, 0.3) is 0 Å². The summed E-state index contributed by atoms with van der Waals surface area (Å²) < 4.78 is 45.9. The van der Waals surface area contributed by atoms with Crippen LogP contribution in [0.1, 0.15) is 31.7 Å². The van der Waals surface area contributed by atoms with E-state index in [1.807, 2.05) is 0 Å². The number of unbranched alkanes of at least 4 members (excludes halogenated alkanes) is 2. The van der Waals surface area contributed by atoms with Crippen molar-refractivity contribution < 1.29 is 17.9 Å². The molecular weight excluding hydrogens is 429 g/mol. The van der Waals surface area contributed by atoms with Crippen LogP contribution >= 0.6 is 11.6 Å². The molecule has 0 atom stereocenters. The molecule has 5 nitrogen and oxygen atoms in total. The second kappa shape index (κ2) is 10.3. The maximum absolute atomic E-state index is 13.4. The molecular formula is C22H22ClF3N4O. The van der Waals surface area contributed by atoms with Gasteiger partial charge in [-0.05, 0) is 42.8 Å². The smallest absolute Gasteiger partial charge is 0.421 e. The maximum Gasteiger partial charge on any atom is 0.421 e. The number of ether oxygens (including phenoxy) is 1. The Bertz CT molecular complexity index is 997. The molecule has 9 heteroatoms. The molecule has 1 aromatic heterocycles. The SMILES string of the molecule is CCCCCOc1ccc(Nc2ncc(C(F)(F)F)c(Nc3ccccc3Cl)n2)cc1. The van der Waals surface area contributed by atoms with Crippen LogP contribution in [0, 0.1) is 0 Å². The summed E-state index contributed by atoms with van der Waals surface area (Å²) in [7, 11) is 0. The zero-order valence-electron chi connectivity index (χ0n) is 16.8. The minimum atomic E-state index is -4.63. The molecule has 0 radical (unpaired) electrons. The van der Waals surface area contributed by atoms with Gasteiger partial charge in [0.05, 0.1) is 17.3 Å². The first-order valence-electron chi connectivity index (χ1n) is 9.82. The molecule has 0 spiro atoms. The van der Waals surface area contributed by atoms with Gasteiger partial charge in [-0.15, -0.1) is 0 Å². The second-order valence-electron chi connectivity index (χ2n) is 6.76. The second-order valence-corrected chi connectivity index (χ2v) is 7.17. The van der Waals surface area contributed by atoms with Crippen molar-refractivity contribution in [1.29, 1.82) is 0 Å². The summed E-state index contributed by atoms with van der Waals surface area (Å²) in [5.74, 6) is 0.337. The van der Waals surface area contributed by atoms with Crippen molar-refractivity contribution in [3.05, 3.63) is 65.3 Å². The minimum absolute atomic E-state index is 0.0131. The lowest BCUT2D eigenvalue weighted by molar-refractivity contribution is -0.137. The number of nitrogens with one attached hydrogen (secondary N) is 2. The topological polar surface area (TPSA) is 59.1 Å². The first-order chi connectivity index (χ1) is 14.9. The maximum atomic E-state index is 13.4. The van der Waals surface area contributed by atoms with E-state index in [-0.39, 0.29) is 11.0 Å². The molecule has 0 saturated heterocycles. The van der Waals surface area contributed by atoms with Crippen LogP contribution in [0.15, 0.2) is 54.7 Å². The number of benzene rings is 2. The van der Waals surface area contributed by atoms with E-state index in [4.69, 9.17) is 16.3 Å². The molecule has 0 amide bonds. The molecule has 0 aliphatic rings. The largest absolute Gasteiger partial charge is 0.494 e. The van der Waals surface area contributed by atoms with Gasteiger partial charge in [0, 0.05) is 11.9 Å². The number of rotatable bonds is 9. The van der Waals surface area contributed by atoms with E-state index in [0.717, 1.165) is 31.2 Å². The van der Waals surface area contributed by atoms with Crippen LogP contribution < -0.4 is 15.4 Å². The summed E-state index contributed by atoms with van der Waals surface area (Å²) in [6.45, 7) is 2.76. The number of hydrogen-bond acceptors (Lipinski definition) is 5. The van der Waals surface area contributed by atoms with Crippen molar-refractivity contribution in [3.8, 4) is 5.75 Å². The summed E-state index contributed by atoms with van der Waals surface area (Å²) in [6, 6.07) is 13.5. The molecule has 2 N–H and O–H groups in total. The molecule has 0 aliphatic carbocycles. The van der Waals surface area contributed by atoms with Crippen LogP contribution in [0.25, 0.3) is 0 Å². The minimum Gasteiger partial charge on any atom is -0.494 e. The van der Waals surface area contributed by atoms with Crippen LogP contribution in [0.2, 0.25) is 5.02 Å². The van der Waals surface area contributed by atoms with Crippen LogP contribution in [-0.4, -0.2) is 16.6 Å². The molecule has 31 heavy (non-hydrogen) atoms. The Balaban J connectivity index is 1.77. The summed E-state index contributed by atoms with van der Waals surface area (Å²) in [5.41, 5.74) is -0.0675. The van der Waals surface area contributed by atoms with Gasteiger partial charge in [-0.2, -0.15) is 18.2 Å². The first-order valence-corrected chi connectivity index (χ1v) is 10.2. The summed E-state index contributed by atoms with van der Waals surface area (Å²) in [4.78, 5) is 7.83. The number of alkyl halides is 3. The lowest BCUT2D eigenvalue weighted by Crippen LogP contribution is -2.12.